The molecule has 446 valence electrons. The highest BCUT2D eigenvalue weighted by Crippen LogP contribution is 2.38. The number of hydrogen-bond donors (Lipinski definition) is 2. The fourth-order valence-electron chi connectivity index (χ4n) is 8.44. The van der Waals surface area contributed by atoms with Gasteiger partial charge in [0, 0.05) is 6.42 Å². The molecule has 0 radical (unpaired) electrons. The summed E-state index contributed by atoms with van der Waals surface area (Å²) in [5, 5.41) is 13.9. The molecule has 0 aromatic carbocycles. The number of nitrogens with one attached hydrogen (secondary N) is 1. The number of amides is 1. The van der Waals surface area contributed by atoms with Crippen LogP contribution in [0.2, 0.25) is 0 Å². The van der Waals surface area contributed by atoms with Gasteiger partial charge in [-0.2, -0.15) is 0 Å². The van der Waals surface area contributed by atoms with E-state index in [1.54, 1.807) is 6.08 Å². The summed E-state index contributed by atoms with van der Waals surface area (Å²) in [4.78, 5) is 25.5. The van der Waals surface area contributed by atoms with Crippen molar-refractivity contribution in [3.8, 4) is 0 Å². The monoisotopic (exact) mass is 1100 g/mol. The molecule has 0 aliphatic carbocycles. The molecule has 3 atom stereocenters. The van der Waals surface area contributed by atoms with Crippen molar-refractivity contribution in [2.24, 2.45) is 0 Å². The largest absolute Gasteiger partial charge is 0.756 e. The highest BCUT2D eigenvalue weighted by Gasteiger charge is 2.23. The van der Waals surface area contributed by atoms with Crippen molar-refractivity contribution >= 4 is 13.7 Å². The van der Waals surface area contributed by atoms with Gasteiger partial charge >= 0.3 is 0 Å². The molecule has 0 spiro atoms. The molecule has 0 saturated carbocycles. The summed E-state index contributed by atoms with van der Waals surface area (Å²) in [5.74, 6) is -0.258. The minimum atomic E-state index is -4.64. The van der Waals surface area contributed by atoms with Crippen LogP contribution in [0.15, 0.2) is 134 Å². The maximum Gasteiger partial charge on any atom is 0.268 e. The molecule has 0 saturated heterocycles. The Kier molecular flexibility index (Phi) is 55.8. The predicted molar refractivity (Wildman–Crippen MR) is 338 cm³/mol. The number of allylic oxidation sites excluding steroid dienone is 21. The highest BCUT2D eigenvalue weighted by molar-refractivity contribution is 7.45. The van der Waals surface area contributed by atoms with Crippen LogP contribution in [0.3, 0.4) is 0 Å². The highest BCUT2D eigenvalue weighted by atomic mass is 31.2. The fraction of sp³-hybridized carbons (Fsp3) is 0.667. The van der Waals surface area contributed by atoms with E-state index in [-0.39, 0.29) is 18.9 Å². The van der Waals surface area contributed by atoms with E-state index in [1.807, 2.05) is 27.2 Å². The first-order valence-corrected chi connectivity index (χ1v) is 33.0. The third-order valence-electron chi connectivity index (χ3n) is 13.3. The van der Waals surface area contributed by atoms with Gasteiger partial charge in [0.1, 0.15) is 13.2 Å². The maximum absolute atomic E-state index is 13.0. The van der Waals surface area contributed by atoms with Crippen LogP contribution in [-0.4, -0.2) is 68.5 Å². The summed E-state index contributed by atoms with van der Waals surface area (Å²) in [5.41, 5.74) is 0. The molecular formula is C69H119N2O6P. The standard InChI is InChI=1S/C69H119N2O6P/c1-6-8-10-12-14-16-18-20-22-24-26-28-30-32-34-35-37-38-40-42-44-46-48-50-52-54-56-58-60-62-68(72)67(66-77-78(74,75)76-65-64-71(3,4)5)70-69(73)63-61-59-57-55-53-51-49-47-45-43-41-39-36-33-31-29-27-25-23-21-19-17-15-13-11-9-7-2/h9,11,15,17,21,23,27,29,33,36,41,43-44,46-47,49,52-55,60,62,67-68,72H,6-8,10,12-14,16,18-20,22,24-26,28,30-32,34-35,37-40,42,45,48,50-51,56-59,61,63-66H2,1-5H3,(H-,70,73,74,75)/b11-9-,17-15-,23-21-,29-27-,36-33-,43-41-,46-44+,49-47-,54-52+,55-53-,62-60+. The van der Waals surface area contributed by atoms with Crippen LogP contribution < -0.4 is 10.2 Å². The van der Waals surface area contributed by atoms with Gasteiger partial charge in [0.25, 0.3) is 7.82 Å². The molecule has 0 aromatic heterocycles. The topological polar surface area (TPSA) is 108 Å². The normalized spacial score (nSPS) is 14.7. The number of phosphoric ester groups is 1. The lowest BCUT2D eigenvalue weighted by atomic mass is 10.0. The van der Waals surface area contributed by atoms with Crippen molar-refractivity contribution in [2.45, 2.75) is 257 Å². The number of aliphatic hydroxyl groups excluding tert-OH is 1. The van der Waals surface area contributed by atoms with E-state index in [0.717, 1.165) is 83.5 Å². The molecule has 0 aliphatic heterocycles. The lowest BCUT2D eigenvalue weighted by Crippen LogP contribution is -2.45. The quantitative estimate of drug-likeness (QED) is 0.0272. The summed E-state index contributed by atoms with van der Waals surface area (Å²) in [6.45, 7) is 4.47. The molecule has 0 aliphatic rings. The van der Waals surface area contributed by atoms with Crippen molar-refractivity contribution < 1.29 is 32.9 Å². The van der Waals surface area contributed by atoms with E-state index in [0.29, 0.717) is 23.9 Å². The van der Waals surface area contributed by atoms with Gasteiger partial charge in [-0.15, -0.1) is 0 Å². The van der Waals surface area contributed by atoms with Crippen LogP contribution in [0.25, 0.3) is 0 Å². The minimum Gasteiger partial charge on any atom is -0.756 e. The second-order valence-electron chi connectivity index (χ2n) is 22.0. The fourth-order valence-corrected chi connectivity index (χ4v) is 9.16. The Bertz CT molecular complexity index is 1730. The number of nitrogens with zero attached hydrogens (tertiary/aromatic N) is 1. The van der Waals surface area contributed by atoms with Gasteiger partial charge in [0.05, 0.1) is 39.9 Å². The first-order valence-electron chi connectivity index (χ1n) is 31.5. The zero-order valence-electron chi connectivity index (χ0n) is 50.8. The number of carbonyl (C=O) groups is 1. The number of aliphatic hydroxyl groups is 1. The summed E-state index contributed by atoms with van der Waals surface area (Å²) < 4.78 is 23.3. The summed E-state index contributed by atoms with van der Waals surface area (Å²) in [6.07, 6.45) is 88.5. The number of phosphoric acid groups is 1. The third-order valence-corrected chi connectivity index (χ3v) is 14.3. The molecular weight excluding hydrogens is 984 g/mol. The zero-order chi connectivity index (χ0) is 57.0. The Hall–Kier alpha value is -3.36. The van der Waals surface area contributed by atoms with E-state index in [1.165, 1.54) is 128 Å². The number of carbonyl (C=O) groups excluding carboxylic acids is 1. The molecule has 0 bridgehead atoms. The first-order chi connectivity index (χ1) is 38.0. The van der Waals surface area contributed by atoms with Crippen LogP contribution in [0, 0.1) is 0 Å². The lowest BCUT2D eigenvalue weighted by Gasteiger charge is -2.29. The number of likely N-dealkylation sites (N-methyl/N-ethyl adjacent to an activating group) is 1. The Balaban J connectivity index is 4.35. The third kappa shape index (κ3) is 60.3. The molecule has 0 heterocycles. The van der Waals surface area contributed by atoms with Gasteiger partial charge in [-0.25, -0.2) is 0 Å². The summed E-state index contributed by atoms with van der Waals surface area (Å²) >= 11 is 0. The Morgan fingerprint density at radius 3 is 1.19 bits per heavy atom. The lowest BCUT2D eigenvalue weighted by molar-refractivity contribution is -0.870. The predicted octanol–water partition coefficient (Wildman–Crippen LogP) is 19.2. The molecule has 8 nitrogen and oxygen atoms in total. The molecule has 3 unspecified atom stereocenters. The van der Waals surface area contributed by atoms with Gasteiger partial charge < -0.3 is 28.8 Å². The van der Waals surface area contributed by atoms with Crippen molar-refractivity contribution in [3.63, 3.8) is 0 Å². The van der Waals surface area contributed by atoms with Crippen LogP contribution in [-0.2, 0) is 18.4 Å². The first kappa shape index (κ1) is 74.6. The zero-order valence-corrected chi connectivity index (χ0v) is 51.7. The number of quaternary nitrogens is 1. The van der Waals surface area contributed by atoms with Crippen LogP contribution in [0.5, 0.6) is 0 Å². The van der Waals surface area contributed by atoms with Crippen LogP contribution in [0.1, 0.15) is 245 Å². The van der Waals surface area contributed by atoms with Crippen LogP contribution >= 0.6 is 7.82 Å². The molecule has 78 heavy (non-hydrogen) atoms. The molecule has 0 fully saturated rings. The number of unbranched alkanes of at least 4 members (excludes halogenated alkanes) is 23. The van der Waals surface area contributed by atoms with E-state index in [2.05, 4.69) is 141 Å². The smallest absolute Gasteiger partial charge is 0.268 e. The average molecular weight is 1100 g/mol. The Labute approximate surface area is 481 Å². The average Bonchev–Trinajstić information content (AvgIpc) is 3.41. The minimum absolute atomic E-state index is 0.0255. The van der Waals surface area contributed by atoms with E-state index < -0.39 is 26.6 Å². The van der Waals surface area contributed by atoms with Crippen LogP contribution in [0.4, 0.5) is 0 Å². The van der Waals surface area contributed by atoms with Gasteiger partial charge in [-0.1, -0.05) is 263 Å². The number of hydrogen-bond acceptors (Lipinski definition) is 6. The van der Waals surface area contributed by atoms with Gasteiger partial charge in [-0.3, -0.25) is 9.36 Å². The van der Waals surface area contributed by atoms with Crippen molar-refractivity contribution in [3.05, 3.63) is 134 Å². The van der Waals surface area contributed by atoms with E-state index in [4.69, 9.17) is 9.05 Å². The van der Waals surface area contributed by atoms with Gasteiger partial charge in [0.15, 0.2) is 0 Å². The molecule has 9 heteroatoms. The van der Waals surface area contributed by atoms with E-state index in [9.17, 15) is 19.4 Å². The maximum atomic E-state index is 13.0. The number of rotatable bonds is 56. The molecule has 0 aromatic rings. The molecule has 2 N–H and O–H groups in total. The second kappa shape index (κ2) is 58.3. The Morgan fingerprint density at radius 1 is 0.462 bits per heavy atom. The Morgan fingerprint density at radius 2 is 0.795 bits per heavy atom. The summed E-state index contributed by atoms with van der Waals surface area (Å²) in [7, 11) is 1.19. The summed E-state index contributed by atoms with van der Waals surface area (Å²) in [6, 6.07) is -0.946. The van der Waals surface area contributed by atoms with Crippen molar-refractivity contribution in [1.82, 2.24) is 5.32 Å². The molecule has 0 rings (SSSR count). The second-order valence-corrected chi connectivity index (χ2v) is 23.4. The SMILES string of the molecule is CC/C=C\C/C=C\C/C=C\C/C=C\C/C=C\C/C=C\C/C=C\C/C=C\CCCCC(=O)NC(COP(=O)([O-])OCC[N+](C)(C)C)C(O)/C=C/CC/C=C/CC/C=C/CCCCCCCCCCCCCCCCCCCCC. The van der Waals surface area contributed by atoms with E-state index >= 15 is 0 Å². The van der Waals surface area contributed by atoms with Gasteiger partial charge in [0.2, 0.25) is 5.91 Å². The van der Waals surface area contributed by atoms with Gasteiger partial charge in [-0.05, 0) is 109 Å². The van der Waals surface area contributed by atoms with Crippen molar-refractivity contribution in [1.29, 1.82) is 0 Å². The molecule has 1 amide bonds. The van der Waals surface area contributed by atoms with Crippen molar-refractivity contribution in [2.75, 3.05) is 40.9 Å².